The summed E-state index contributed by atoms with van der Waals surface area (Å²) in [6.07, 6.45) is 5.47. The lowest BCUT2D eigenvalue weighted by Gasteiger charge is -2.19. The standard InChI is InChI=1S/C14H18N4/c1-11(15)14-4-3-13(9-17-14)18(2)10-12-5-7-16-8-6-12/h3-9,11H,10,15H2,1-2H3. The third-order valence-electron chi connectivity index (χ3n) is 2.85. The van der Waals surface area contributed by atoms with Crippen molar-refractivity contribution in [2.24, 2.45) is 5.73 Å². The number of nitrogens with zero attached hydrogens (tertiary/aromatic N) is 3. The third-order valence-corrected chi connectivity index (χ3v) is 2.85. The fourth-order valence-electron chi connectivity index (χ4n) is 1.75. The van der Waals surface area contributed by atoms with Crippen molar-refractivity contribution in [2.75, 3.05) is 11.9 Å². The Balaban J connectivity index is 2.07. The average Bonchev–Trinajstić information content (AvgIpc) is 2.40. The molecule has 0 aliphatic carbocycles. The highest BCUT2D eigenvalue weighted by Gasteiger charge is 2.04. The first-order valence-corrected chi connectivity index (χ1v) is 5.98. The van der Waals surface area contributed by atoms with Crippen molar-refractivity contribution >= 4 is 5.69 Å². The Kier molecular flexibility index (Phi) is 3.89. The number of nitrogens with two attached hydrogens (primary N) is 1. The van der Waals surface area contributed by atoms with Gasteiger partial charge in [-0.25, -0.2) is 0 Å². The van der Waals surface area contributed by atoms with Crippen molar-refractivity contribution in [3.05, 3.63) is 54.1 Å². The van der Waals surface area contributed by atoms with Crippen LogP contribution >= 0.6 is 0 Å². The fourth-order valence-corrected chi connectivity index (χ4v) is 1.75. The van der Waals surface area contributed by atoms with Crippen molar-refractivity contribution < 1.29 is 0 Å². The molecule has 0 amide bonds. The largest absolute Gasteiger partial charge is 0.369 e. The summed E-state index contributed by atoms with van der Waals surface area (Å²) in [7, 11) is 2.04. The molecule has 4 heteroatoms. The van der Waals surface area contributed by atoms with Gasteiger partial charge in [0, 0.05) is 32.0 Å². The molecule has 1 atom stereocenters. The Hall–Kier alpha value is -1.94. The third kappa shape index (κ3) is 3.05. The topological polar surface area (TPSA) is 55.0 Å². The molecule has 4 nitrogen and oxygen atoms in total. The van der Waals surface area contributed by atoms with Gasteiger partial charge in [0.1, 0.15) is 0 Å². The first-order chi connectivity index (χ1) is 8.66. The minimum Gasteiger partial charge on any atom is -0.369 e. The summed E-state index contributed by atoms with van der Waals surface area (Å²) in [5.74, 6) is 0. The summed E-state index contributed by atoms with van der Waals surface area (Å²) in [6, 6.07) is 8.03. The number of rotatable bonds is 4. The molecular formula is C14H18N4. The van der Waals surface area contributed by atoms with Crippen LogP contribution in [0.15, 0.2) is 42.9 Å². The van der Waals surface area contributed by atoms with Gasteiger partial charge >= 0.3 is 0 Å². The lowest BCUT2D eigenvalue weighted by Crippen LogP contribution is -2.17. The number of anilines is 1. The Labute approximate surface area is 107 Å². The number of hydrogen-bond donors (Lipinski definition) is 1. The van der Waals surface area contributed by atoms with Crippen LogP contribution in [0.4, 0.5) is 5.69 Å². The minimum absolute atomic E-state index is 0.0236. The number of pyridine rings is 2. The van der Waals surface area contributed by atoms with Gasteiger partial charge in [-0.1, -0.05) is 0 Å². The predicted octanol–water partition coefficient (Wildman–Crippen LogP) is 2.13. The van der Waals surface area contributed by atoms with E-state index in [1.807, 2.05) is 44.4 Å². The van der Waals surface area contributed by atoms with E-state index in [1.54, 1.807) is 12.4 Å². The van der Waals surface area contributed by atoms with Gasteiger partial charge in [0.25, 0.3) is 0 Å². The van der Waals surface area contributed by atoms with E-state index in [4.69, 9.17) is 5.73 Å². The maximum absolute atomic E-state index is 5.78. The first kappa shape index (κ1) is 12.5. The van der Waals surface area contributed by atoms with Gasteiger partial charge < -0.3 is 10.6 Å². The molecule has 1 unspecified atom stereocenters. The van der Waals surface area contributed by atoms with Gasteiger partial charge in [0.05, 0.1) is 17.6 Å². The molecule has 18 heavy (non-hydrogen) atoms. The fraction of sp³-hybridized carbons (Fsp3) is 0.286. The highest BCUT2D eigenvalue weighted by molar-refractivity contribution is 5.44. The summed E-state index contributed by atoms with van der Waals surface area (Å²) in [5, 5.41) is 0. The molecule has 0 bridgehead atoms. The van der Waals surface area contributed by atoms with Crippen molar-refractivity contribution in [1.29, 1.82) is 0 Å². The molecule has 2 heterocycles. The summed E-state index contributed by atoms with van der Waals surface area (Å²) < 4.78 is 0. The normalized spacial score (nSPS) is 12.2. The second kappa shape index (κ2) is 5.60. The van der Waals surface area contributed by atoms with Gasteiger partial charge in [-0.2, -0.15) is 0 Å². The molecule has 2 aromatic rings. The lowest BCUT2D eigenvalue weighted by atomic mass is 10.2. The van der Waals surface area contributed by atoms with Gasteiger partial charge in [0.2, 0.25) is 0 Å². The first-order valence-electron chi connectivity index (χ1n) is 5.98. The molecule has 2 N–H and O–H groups in total. The van der Waals surface area contributed by atoms with Crippen LogP contribution in [0.3, 0.4) is 0 Å². The maximum atomic E-state index is 5.78. The smallest absolute Gasteiger partial charge is 0.0569 e. The molecule has 0 aliphatic heterocycles. The Morgan fingerprint density at radius 3 is 2.50 bits per heavy atom. The van der Waals surface area contributed by atoms with Crippen molar-refractivity contribution in [3.8, 4) is 0 Å². The average molecular weight is 242 g/mol. The van der Waals surface area contributed by atoms with Crippen LogP contribution in [0.2, 0.25) is 0 Å². The monoisotopic (exact) mass is 242 g/mol. The molecule has 0 radical (unpaired) electrons. The summed E-state index contributed by atoms with van der Waals surface area (Å²) >= 11 is 0. The zero-order chi connectivity index (χ0) is 13.0. The minimum atomic E-state index is -0.0236. The molecule has 0 saturated carbocycles. The predicted molar refractivity (Wildman–Crippen MR) is 73.2 cm³/mol. The highest BCUT2D eigenvalue weighted by atomic mass is 15.1. The van der Waals surface area contributed by atoms with Crippen molar-refractivity contribution in [2.45, 2.75) is 19.5 Å². The van der Waals surface area contributed by atoms with E-state index in [9.17, 15) is 0 Å². The molecular weight excluding hydrogens is 224 g/mol. The molecule has 0 aliphatic rings. The molecule has 2 aromatic heterocycles. The van der Waals surface area contributed by atoms with Crippen LogP contribution in [0, 0.1) is 0 Å². The maximum Gasteiger partial charge on any atom is 0.0569 e. The van der Waals surface area contributed by atoms with E-state index in [2.05, 4.69) is 14.9 Å². The summed E-state index contributed by atoms with van der Waals surface area (Å²) in [4.78, 5) is 10.5. The summed E-state index contributed by atoms with van der Waals surface area (Å²) in [6.45, 7) is 2.77. The Morgan fingerprint density at radius 2 is 1.94 bits per heavy atom. The van der Waals surface area contributed by atoms with E-state index in [-0.39, 0.29) is 6.04 Å². The van der Waals surface area contributed by atoms with Gasteiger partial charge in [-0.3, -0.25) is 9.97 Å². The van der Waals surface area contributed by atoms with E-state index in [0.29, 0.717) is 0 Å². The molecule has 0 saturated heterocycles. The van der Waals surface area contributed by atoms with E-state index >= 15 is 0 Å². The number of hydrogen-bond acceptors (Lipinski definition) is 4. The van der Waals surface area contributed by atoms with Crippen LogP contribution in [0.5, 0.6) is 0 Å². The second-order valence-corrected chi connectivity index (χ2v) is 4.44. The van der Waals surface area contributed by atoms with Crippen LogP contribution in [-0.2, 0) is 6.54 Å². The Morgan fingerprint density at radius 1 is 1.22 bits per heavy atom. The van der Waals surface area contributed by atoms with Crippen LogP contribution in [-0.4, -0.2) is 17.0 Å². The van der Waals surface area contributed by atoms with Crippen molar-refractivity contribution in [3.63, 3.8) is 0 Å². The van der Waals surface area contributed by atoms with Crippen LogP contribution in [0.1, 0.15) is 24.2 Å². The second-order valence-electron chi connectivity index (χ2n) is 4.44. The molecule has 2 rings (SSSR count). The number of aromatic nitrogens is 2. The van der Waals surface area contributed by atoms with Crippen molar-refractivity contribution in [1.82, 2.24) is 9.97 Å². The van der Waals surface area contributed by atoms with Crippen LogP contribution in [0.25, 0.3) is 0 Å². The Bertz CT molecular complexity index is 479. The molecule has 0 spiro atoms. The van der Waals surface area contributed by atoms with Gasteiger partial charge in [0.15, 0.2) is 0 Å². The summed E-state index contributed by atoms with van der Waals surface area (Å²) in [5.41, 5.74) is 9.00. The SMILES string of the molecule is CC(N)c1ccc(N(C)Cc2ccncc2)cn1. The molecule has 94 valence electrons. The van der Waals surface area contributed by atoms with Gasteiger partial charge in [-0.05, 0) is 36.8 Å². The van der Waals surface area contributed by atoms with E-state index in [1.165, 1.54) is 5.56 Å². The van der Waals surface area contributed by atoms with E-state index < -0.39 is 0 Å². The highest BCUT2D eigenvalue weighted by Crippen LogP contribution is 2.16. The van der Waals surface area contributed by atoms with Gasteiger partial charge in [-0.15, -0.1) is 0 Å². The molecule has 0 fully saturated rings. The molecule has 0 aromatic carbocycles. The quantitative estimate of drug-likeness (QED) is 0.892. The van der Waals surface area contributed by atoms with Crippen LogP contribution < -0.4 is 10.6 Å². The zero-order valence-corrected chi connectivity index (χ0v) is 10.7. The van der Waals surface area contributed by atoms with E-state index in [0.717, 1.165) is 17.9 Å². The lowest BCUT2D eigenvalue weighted by molar-refractivity contribution is 0.779. The zero-order valence-electron chi connectivity index (χ0n) is 10.7.